The summed E-state index contributed by atoms with van der Waals surface area (Å²) in [4.78, 5) is 17.8. The van der Waals surface area contributed by atoms with E-state index in [9.17, 15) is 9.18 Å². The lowest BCUT2D eigenvalue weighted by molar-refractivity contribution is 0.0962. The zero-order chi connectivity index (χ0) is 16.2. The third kappa shape index (κ3) is 3.40. The highest BCUT2D eigenvalue weighted by Gasteiger charge is 2.19. The van der Waals surface area contributed by atoms with Crippen molar-refractivity contribution < 1.29 is 18.3 Å². The fourth-order valence-corrected chi connectivity index (χ4v) is 2.52. The Balaban J connectivity index is 1.66. The molecule has 0 saturated heterocycles. The first-order valence-electron chi connectivity index (χ1n) is 6.79. The molecule has 0 unspecified atom stereocenters. The van der Waals surface area contributed by atoms with E-state index in [1.165, 1.54) is 28.4 Å². The number of nitrogens with zero attached hydrogens (tertiary/aromatic N) is 2. The summed E-state index contributed by atoms with van der Waals surface area (Å²) in [5.74, 6) is -0.00777. The van der Waals surface area contributed by atoms with E-state index < -0.39 is 5.82 Å². The molecule has 2 aromatic heterocycles. The first-order chi connectivity index (χ1) is 11.1. The molecule has 1 aromatic carbocycles. The first-order valence-corrected chi connectivity index (χ1v) is 7.66. The summed E-state index contributed by atoms with van der Waals surface area (Å²) >= 11 is 1.36. The average molecular weight is 332 g/mol. The van der Waals surface area contributed by atoms with Crippen LogP contribution in [0.4, 0.5) is 9.52 Å². The van der Waals surface area contributed by atoms with Crippen LogP contribution in [0.25, 0.3) is 0 Å². The summed E-state index contributed by atoms with van der Waals surface area (Å²) in [5, 5.41) is 2.37. The number of ether oxygens (including phenoxy) is 1. The van der Waals surface area contributed by atoms with Gasteiger partial charge in [-0.15, -0.1) is 11.3 Å². The molecule has 0 atom stereocenters. The van der Waals surface area contributed by atoms with Gasteiger partial charge in [0.1, 0.15) is 12.4 Å². The lowest BCUT2D eigenvalue weighted by atomic mass is 10.3. The number of carbonyl (C=O) groups excluding carboxylic acids is 1. The van der Waals surface area contributed by atoms with Crippen LogP contribution in [0.2, 0.25) is 0 Å². The van der Waals surface area contributed by atoms with Crippen molar-refractivity contribution >= 4 is 22.4 Å². The fourth-order valence-electron chi connectivity index (χ4n) is 1.91. The van der Waals surface area contributed by atoms with Crippen LogP contribution < -0.4 is 9.64 Å². The molecule has 0 bridgehead atoms. The molecule has 0 saturated carbocycles. The average Bonchev–Trinajstić information content (AvgIpc) is 3.24. The molecule has 0 spiro atoms. The second kappa shape index (κ2) is 6.62. The smallest absolute Gasteiger partial charge is 0.295 e. The van der Waals surface area contributed by atoms with Crippen molar-refractivity contribution in [3.63, 3.8) is 0 Å². The van der Waals surface area contributed by atoms with Gasteiger partial charge in [-0.1, -0.05) is 12.1 Å². The molecule has 0 aliphatic heterocycles. The first kappa shape index (κ1) is 15.2. The van der Waals surface area contributed by atoms with Crippen molar-refractivity contribution in [2.75, 3.05) is 11.9 Å². The Hall–Kier alpha value is -2.67. The van der Waals surface area contributed by atoms with Crippen molar-refractivity contribution in [3.05, 3.63) is 65.3 Å². The number of para-hydroxylation sites is 1. The predicted octanol–water partition coefficient (Wildman–Crippen LogP) is 3.73. The van der Waals surface area contributed by atoms with Crippen LogP contribution in [0.1, 0.15) is 16.3 Å². The molecule has 0 aliphatic rings. The van der Waals surface area contributed by atoms with Crippen LogP contribution in [0.5, 0.6) is 5.75 Å². The third-order valence-corrected chi connectivity index (χ3v) is 3.94. The highest BCUT2D eigenvalue weighted by Crippen LogP contribution is 2.21. The van der Waals surface area contributed by atoms with Gasteiger partial charge in [0.05, 0.1) is 0 Å². The molecule has 2 heterocycles. The molecule has 0 aliphatic carbocycles. The van der Waals surface area contributed by atoms with Gasteiger partial charge in [-0.3, -0.25) is 9.69 Å². The molecule has 0 fully saturated rings. The Labute approximate surface area is 135 Å². The Morgan fingerprint density at radius 1 is 1.35 bits per heavy atom. The number of aromatic nitrogens is 1. The number of carbonyl (C=O) groups is 1. The number of thiazole rings is 1. The molecule has 1 amide bonds. The van der Waals surface area contributed by atoms with Crippen LogP contribution in [0.15, 0.2) is 52.4 Å². The highest BCUT2D eigenvalue weighted by molar-refractivity contribution is 7.13. The molecule has 0 N–H and O–H groups in total. The van der Waals surface area contributed by atoms with E-state index in [1.54, 1.807) is 42.9 Å². The van der Waals surface area contributed by atoms with Crippen molar-refractivity contribution in [2.24, 2.45) is 0 Å². The zero-order valence-corrected chi connectivity index (χ0v) is 13.0. The fraction of sp³-hybridized carbons (Fsp3) is 0.125. The minimum absolute atomic E-state index is 0.0369. The normalized spacial score (nSPS) is 10.5. The number of furan rings is 1. The van der Waals surface area contributed by atoms with Crippen LogP contribution in [0, 0.1) is 5.82 Å². The summed E-state index contributed by atoms with van der Waals surface area (Å²) in [6, 6.07) is 9.30. The van der Waals surface area contributed by atoms with E-state index in [0.717, 1.165) is 0 Å². The maximum absolute atomic E-state index is 13.5. The Kier molecular flexibility index (Phi) is 4.38. The zero-order valence-electron chi connectivity index (χ0n) is 12.2. The summed E-state index contributed by atoms with van der Waals surface area (Å²) in [6.07, 6.45) is 1.62. The van der Waals surface area contributed by atoms with Gasteiger partial charge < -0.3 is 9.15 Å². The molecule has 7 heteroatoms. The Bertz CT molecular complexity index is 801. The molecule has 23 heavy (non-hydrogen) atoms. The standard InChI is InChI=1S/C16H13FN2O3S/c1-19(16-18-8-9-23-16)15(20)14-7-6-11(22-14)10-21-13-5-3-2-4-12(13)17/h2-9H,10H2,1H3. The van der Waals surface area contributed by atoms with Crippen molar-refractivity contribution in [1.29, 1.82) is 0 Å². The number of amides is 1. The largest absolute Gasteiger partial charge is 0.483 e. The number of hydrogen-bond donors (Lipinski definition) is 0. The predicted molar refractivity (Wildman–Crippen MR) is 84.3 cm³/mol. The van der Waals surface area contributed by atoms with E-state index in [2.05, 4.69) is 4.98 Å². The van der Waals surface area contributed by atoms with Crippen LogP contribution >= 0.6 is 11.3 Å². The molecule has 3 rings (SSSR count). The minimum atomic E-state index is -0.446. The number of hydrogen-bond acceptors (Lipinski definition) is 5. The molecule has 5 nitrogen and oxygen atoms in total. The van der Waals surface area contributed by atoms with Gasteiger partial charge in [0.25, 0.3) is 5.91 Å². The summed E-state index contributed by atoms with van der Waals surface area (Å²) in [6.45, 7) is 0.0369. The number of benzene rings is 1. The number of anilines is 1. The summed E-state index contributed by atoms with van der Waals surface area (Å²) < 4.78 is 24.3. The number of rotatable bonds is 5. The Morgan fingerprint density at radius 3 is 2.91 bits per heavy atom. The minimum Gasteiger partial charge on any atom is -0.483 e. The Morgan fingerprint density at radius 2 is 2.17 bits per heavy atom. The van der Waals surface area contributed by atoms with E-state index in [4.69, 9.17) is 9.15 Å². The van der Waals surface area contributed by atoms with Gasteiger partial charge in [-0.2, -0.15) is 0 Å². The topological polar surface area (TPSA) is 55.6 Å². The van der Waals surface area contributed by atoms with Crippen LogP contribution in [-0.4, -0.2) is 17.9 Å². The molecule has 118 valence electrons. The number of halogens is 1. The highest BCUT2D eigenvalue weighted by atomic mass is 32.1. The van der Waals surface area contributed by atoms with Crippen molar-refractivity contribution in [2.45, 2.75) is 6.61 Å². The molecular weight excluding hydrogens is 319 g/mol. The van der Waals surface area contributed by atoms with Gasteiger partial charge in [0.15, 0.2) is 22.5 Å². The lowest BCUT2D eigenvalue weighted by Crippen LogP contribution is -2.25. The van der Waals surface area contributed by atoms with Gasteiger partial charge in [-0.25, -0.2) is 9.37 Å². The summed E-state index contributed by atoms with van der Waals surface area (Å²) in [7, 11) is 1.62. The van der Waals surface area contributed by atoms with Crippen molar-refractivity contribution in [1.82, 2.24) is 4.98 Å². The maximum atomic E-state index is 13.5. The van der Waals surface area contributed by atoms with Gasteiger partial charge >= 0.3 is 0 Å². The lowest BCUT2D eigenvalue weighted by Gasteiger charge is -2.11. The van der Waals surface area contributed by atoms with E-state index >= 15 is 0 Å². The van der Waals surface area contributed by atoms with Crippen LogP contribution in [-0.2, 0) is 6.61 Å². The maximum Gasteiger partial charge on any atom is 0.295 e. The summed E-state index contributed by atoms with van der Waals surface area (Å²) in [5.41, 5.74) is 0. The monoisotopic (exact) mass is 332 g/mol. The molecule has 3 aromatic rings. The molecular formula is C16H13FN2O3S. The molecule has 0 radical (unpaired) electrons. The van der Waals surface area contributed by atoms with Crippen LogP contribution in [0.3, 0.4) is 0 Å². The third-order valence-electron chi connectivity index (χ3n) is 3.09. The SMILES string of the molecule is CN(C(=O)c1ccc(COc2ccccc2F)o1)c1nccs1. The van der Waals surface area contributed by atoms with Gasteiger partial charge in [0.2, 0.25) is 0 Å². The van der Waals surface area contributed by atoms with E-state index in [1.807, 2.05) is 0 Å². The van der Waals surface area contributed by atoms with Crippen molar-refractivity contribution in [3.8, 4) is 5.75 Å². The van der Waals surface area contributed by atoms with E-state index in [-0.39, 0.29) is 24.0 Å². The van der Waals surface area contributed by atoms with Gasteiger partial charge in [0, 0.05) is 18.6 Å². The quantitative estimate of drug-likeness (QED) is 0.714. The second-order valence-electron chi connectivity index (χ2n) is 4.66. The van der Waals surface area contributed by atoms with Gasteiger partial charge in [-0.05, 0) is 24.3 Å². The van der Waals surface area contributed by atoms with E-state index in [0.29, 0.717) is 10.9 Å². The second-order valence-corrected chi connectivity index (χ2v) is 5.54.